The summed E-state index contributed by atoms with van der Waals surface area (Å²) in [5, 5.41) is 28.2. The van der Waals surface area contributed by atoms with Crippen molar-refractivity contribution in [3.8, 4) is 66.7 Å². The Hall–Kier alpha value is -8.37. The van der Waals surface area contributed by atoms with Gasteiger partial charge in [0.1, 0.15) is 17.1 Å². The van der Waals surface area contributed by atoms with Crippen molar-refractivity contribution in [3.63, 3.8) is 0 Å². The van der Waals surface area contributed by atoms with Crippen LogP contribution < -0.4 is 0 Å². The van der Waals surface area contributed by atoms with E-state index in [1.165, 1.54) is 49.4 Å². The molecule has 3 N–H and O–H groups in total. The third kappa shape index (κ3) is 37.4. The van der Waals surface area contributed by atoms with Crippen LogP contribution in [0.2, 0.25) is 0 Å². The van der Waals surface area contributed by atoms with Crippen LogP contribution in [0.15, 0.2) is 291 Å². The van der Waals surface area contributed by atoms with Crippen LogP contribution in [0.4, 0.5) is 13.2 Å². The molecular weight excluding hydrogens is 2230 g/mol. The van der Waals surface area contributed by atoms with Gasteiger partial charge in [0.2, 0.25) is 0 Å². The number of aliphatic hydroxyl groups excluding tert-OH is 2. The molecule has 0 amide bonds. The van der Waals surface area contributed by atoms with Crippen LogP contribution in [0.3, 0.4) is 0 Å². The Labute approximate surface area is 679 Å². The second kappa shape index (κ2) is 50.9. The first-order valence-electron chi connectivity index (χ1n) is 30.9. The van der Waals surface area contributed by atoms with E-state index < -0.39 is 23.3 Å². The zero-order valence-corrected chi connectivity index (χ0v) is 70.8. The van der Waals surface area contributed by atoms with E-state index in [0.717, 1.165) is 50.4 Å². The molecule has 12 rings (SSSR count). The number of hydrogen-bond acceptors (Lipinski definition) is 12. The van der Waals surface area contributed by atoms with Crippen LogP contribution in [0.25, 0.3) is 66.7 Å². The van der Waals surface area contributed by atoms with Gasteiger partial charge >= 0.3 is 12.1 Å². The number of aliphatic hydroxyl groups is 2. The summed E-state index contributed by atoms with van der Waals surface area (Å²) in [6.45, 7) is 15.6. The number of ketones is 2. The molecule has 0 aliphatic rings. The SMILES string of the molecule is CC(=O)C=C(C)O.CC(C)(C)C(=O)C=C(O)C(C)(C)C.Cc1cc(-c2[c-]cccc2)nc(C(F)(F)F)c1.O=C(O)c1ccccn1.[Ir].[Ir].[Ir].[Ir].[Ir].[c-]1ccc(-c2ccccc2)cc1-c1ccccn1.[c-]1ccccc1-c1ccccn1.[c-]1ccccc1-c1ccccn1.[c-]1ccsc1-c1ccccn1. The van der Waals surface area contributed by atoms with Crippen molar-refractivity contribution in [3.05, 3.63) is 338 Å². The van der Waals surface area contributed by atoms with Gasteiger partial charge in [0.05, 0.1) is 5.76 Å². The normalized spacial score (nSPS) is 10.3. The molecule has 7 aromatic heterocycles. The Morgan fingerprint density at radius 1 is 0.423 bits per heavy atom. The van der Waals surface area contributed by atoms with E-state index in [9.17, 15) is 32.7 Å². The summed E-state index contributed by atoms with van der Waals surface area (Å²) < 4.78 is 37.8. The van der Waals surface area contributed by atoms with E-state index in [1.54, 1.807) is 85.5 Å². The van der Waals surface area contributed by atoms with Gasteiger partial charge in [-0.1, -0.05) is 143 Å². The summed E-state index contributed by atoms with van der Waals surface area (Å²) in [6.07, 6.45) is 6.70. The number of hydrogen-bond donors (Lipinski definition) is 3. The standard InChI is InChI=1S/C17H12N.C13H9F3N.2C11H8N.C11H20O2.C9H6NS.C6H5NO2.C5H8O2.5Ir/c1-2-7-14(8-3-1)15-9-6-10-16(13-15)17-11-4-5-12-18-17;1-9-7-11(10-5-3-2-4-6-10)17-12(8-9)13(14,15)16;2*1-2-6-10(7-3-1)11-8-4-5-9-12-11;1-10(2,3)8(12)7-9(13)11(4,5)6;1-2-6-10-8(4-1)9-5-3-7-11-9;8-6(9)5-3-1-2-4-7-5;1-4(6)3-5(2)7;;;;;/h1-9,11-13H;2-5,7-8H,1H3;2*1-6,8-9H;7,12H,1-6H3;1-4,6-7H;1-4H,(H,8,9);3,6H,1-2H3;;;;;/q4*-1;;-1;;;;;;;. The topological polar surface area (TPSA) is 189 Å². The summed E-state index contributed by atoms with van der Waals surface area (Å²) in [5.41, 5.74) is 9.22. The van der Waals surface area contributed by atoms with E-state index in [2.05, 4.69) is 84.5 Å². The van der Waals surface area contributed by atoms with E-state index in [0.29, 0.717) is 11.1 Å². The van der Waals surface area contributed by atoms with E-state index in [-0.39, 0.29) is 140 Å². The molecule has 0 saturated heterocycles. The van der Waals surface area contributed by atoms with Crippen LogP contribution in [0.1, 0.15) is 77.1 Å². The van der Waals surface area contributed by atoms with Crippen LogP contribution >= 0.6 is 11.3 Å². The molecule has 0 aliphatic carbocycles. The Bertz CT molecular complexity index is 4160. The predicted molar refractivity (Wildman–Crippen MR) is 388 cm³/mol. The van der Waals surface area contributed by atoms with Gasteiger partial charge in [-0.25, -0.2) is 21.1 Å². The van der Waals surface area contributed by atoms with Gasteiger partial charge in [-0.15, -0.1) is 148 Å². The van der Waals surface area contributed by atoms with Gasteiger partial charge in [0.25, 0.3) is 0 Å². The first-order valence-corrected chi connectivity index (χ1v) is 31.8. The molecule has 0 saturated carbocycles. The number of benzene rings is 5. The van der Waals surface area contributed by atoms with Crippen LogP contribution in [-0.4, -0.2) is 62.8 Å². The van der Waals surface area contributed by atoms with Gasteiger partial charge in [-0.2, -0.15) is 25.3 Å². The van der Waals surface area contributed by atoms with Crippen molar-refractivity contribution < 1.29 is 143 Å². The smallest absolute Gasteiger partial charge is 0.432 e. The molecule has 5 aromatic carbocycles. The van der Waals surface area contributed by atoms with Gasteiger partial charge in [0, 0.05) is 154 Å². The minimum atomic E-state index is -4.42. The quantitative estimate of drug-likeness (QED) is 0.0706. The number of allylic oxidation sites excluding steroid dienone is 4. The fourth-order valence-corrected chi connectivity index (χ4v) is 8.47. The minimum absolute atomic E-state index is 0. The number of nitrogens with zero attached hydrogens (tertiary/aromatic N) is 6. The number of carbonyl (C=O) groups excluding carboxylic acids is 2. The number of carboxylic acid groups (broad SMARTS) is 1. The number of alkyl halides is 3. The molecule has 12 aromatic rings. The molecule has 0 unspecified atom stereocenters. The maximum atomic E-state index is 12.6. The van der Waals surface area contributed by atoms with Crippen molar-refractivity contribution in [2.24, 2.45) is 10.8 Å². The Kier molecular flexibility index (Phi) is 46.8. The number of thiophene rings is 1. The first-order chi connectivity index (χ1) is 47.3. The number of aromatic nitrogens is 6. The largest absolute Gasteiger partial charge is 0.512 e. The molecule has 5 radical (unpaired) electrons. The zero-order chi connectivity index (χ0) is 72.1. The average Bonchev–Trinajstić information content (AvgIpc) is 0.934. The van der Waals surface area contributed by atoms with E-state index in [4.69, 9.17) is 10.2 Å². The first kappa shape index (κ1) is 95.6. The summed E-state index contributed by atoms with van der Waals surface area (Å²) in [4.78, 5) is 56.9. The number of aromatic carboxylic acids is 1. The summed E-state index contributed by atoms with van der Waals surface area (Å²) in [7, 11) is 0. The van der Waals surface area contributed by atoms with E-state index in [1.807, 2.05) is 199 Å². The van der Waals surface area contributed by atoms with Gasteiger partial charge in [-0.3, -0.25) is 14.6 Å². The number of carboxylic acids is 1. The maximum Gasteiger partial charge on any atom is 0.432 e. The second-order valence-corrected chi connectivity index (χ2v) is 24.1. The second-order valence-electron chi connectivity index (χ2n) is 23.2. The number of pyridine rings is 6. The molecule has 0 aliphatic heterocycles. The van der Waals surface area contributed by atoms with Crippen molar-refractivity contribution in [1.82, 2.24) is 29.9 Å². The fourth-order valence-electron chi connectivity index (χ4n) is 7.82. The van der Waals surface area contributed by atoms with Crippen LogP contribution in [0.5, 0.6) is 0 Å². The number of carbonyl (C=O) groups is 3. The monoisotopic (exact) mass is 2310 g/mol. The third-order valence-electron chi connectivity index (χ3n) is 12.8. The average molecular weight is 2300 g/mol. The Morgan fingerprint density at radius 3 is 1.19 bits per heavy atom. The van der Waals surface area contributed by atoms with E-state index >= 15 is 0 Å². The molecule has 0 spiro atoms. The minimum Gasteiger partial charge on any atom is -0.512 e. The predicted octanol–water partition coefficient (Wildman–Crippen LogP) is 20.7. The van der Waals surface area contributed by atoms with Gasteiger partial charge in [-0.05, 0) is 97.3 Å². The number of aryl methyl sites for hydroxylation is 1. The molecular formula is C83H76F3Ir5N6O6S-5. The van der Waals surface area contributed by atoms with Crippen molar-refractivity contribution in [2.75, 3.05) is 0 Å². The fraction of sp³-hybridized carbons (Fsp3) is 0.145. The molecule has 21 heteroatoms. The molecule has 551 valence electrons. The Morgan fingerprint density at radius 2 is 0.846 bits per heavy atom. The molecule has 0 bridgehead atoms. The third-order valence-corrected chi connectivity index (χ3v) is 13.7. The Balaban J connectivity index is 0.00000117. The maximum absolute atomic E-state index is 12.6. The summed E-state index contributed by atoms with van der Waals surface area (Å²) in [6, 6.07) is 87.3. The number of halogens is 3. The van der Waals surface area contributed by atoms with Crippen molar-refractivity contribution in [2.45, 2.75) is 68.5 Å². The molecule has 12 nitrogen and oxygen atoms in total. The zero-order valence-electron chi connectivity index (χ0n) is 58.0. The molecule has 104 heavy (non-hydrogen) atoms. The van der Waals surface area contributed by atoms with Crippen LogP contribution in [-0.2, 0) is 116 Å². The molecule has 0 fully saturated rings. The summed E-state index contributed by atoms with van der Waals surface area (Å²) >= 11 is 1.66. The van der Waals surface area contributed by atoms with Gasteiger partial charge in [0.15, 0.2) is 11.6 Å². The van der Waals surface area contributed by atoms with Crippen LogP contribution in [0, 0.1) is 48.1 Å². The molecule has 0 atom stereocenters. The molecule has 7 heterocycles. The summed E-state index contributed by atoms with van der Waals surface area (Å²) in [5.74, 6) is -0.949. The number of rotatable bonds is 9. The van der Waals surface area contributed by atoms with Crippen molar-refractivity contribution >= 4 is 28.9 Å². The van der Waals surface area contributed by atoms with Crippen molar-refractivity contribution in [1.29, 1.82) is 0 Å². The van der Waals surface area contributed by atoms with Gasteiger partial charge < -0.3 is 35.3 Å².